The number of carboxylic acid groups (broad SMARTS) is 1. The Morgan fingerprint density at radius 2 is 2.14 bits per heavy atom. The number of hydrogen-bond acceptors (Lipinski definition) is 4. The van der Waals surface area contributed by atoms with Gasteiger partial charge in [0.2, 0.25) is 0 Å². The molecule has 0 amide bonds. The number of anilines is 2. The fourth-order valence-electron chi connectivity index (χ4n) is 1.76. The van der Waals surface area contributed by atoms with Crippen LogP contribution < -0.4 is 5.32 Å². The van der Waals surface area contributed by atoms with Crippen LogP contribution in [-0.4, -0.2) is 16.1 Å². The van der Waals surface area contributed by atoms with Crippen LogP contribution in [0.3, 0.4) is 0 Å². The Balaban J connectivity index is 2.34. The van der Waals surface area contributed by atoms with Crippen LogP contribution in [0.15, 0.2) is 18.2 Å². The van der Waals surface area contributed by atoms with E-state index >= 15 is 0 Å². The number of thiazole rings is 1. The Morgan fingerprint density at radius 3 is 2.64 bits per heavy atom. The molecule has 118 valence electrons. The molecule has 0 saturated carbocycles. The number of nitrogens with one attached hydrogen (secondary N) is 1. The fraction of sp³-hybridized carbons (Fsp3) is 0.231. The Hall–Kier alpha value is -1.80. The maximum absolute atomic E-state index is 12.8. The molecule has 2 aromatic rings. The molecule has 0 radical (unpaired) electrons. The van der Waals surface area contributed by atoms with E-state index < -0.39 is 22.7 Å². The van der Waals surface area contributed by atoms with Crippen LogP contribution >= 0.6 is 22.9 Å². The van der Waals surface area contributed by atoms with E-state index in [0.29, 0.717) is 12.1 Å². The van der Waals surface area contributed by atoms with Crippen molar-refractivity contribution in [1.29, 1.82) is 0 Å². The maximum atomic E-state index is 12.8. The fourth-order valence-corrected chi connectivity index (χ4v) is 2.89. The van der Waals surface area contributed by atoms with E-state index in [-0.39, 0.29) is 15.7 Å². The van der Waals surface area contributed by atoms with Crippen LogP contribution in [0.1, 0.15) is 27.9 Å². The average molecular weight is 351 g/mol. The normalized spacial score (nSPS) is 11.5. The lowest BCUT2D eigenvalue weighted by atomic mass is 10.2. The minimum absolute atomic E-state index is 0.0648. The summed E-state index contributed by atoms with van der Waals surface area (Å²) in [7, 11) is 0. The molecular weight excluding hydrogens is 341 g/mol. The highest BCUT2D eigenvalue weighted by Crippen LogP contribution is 2.37. The Kier molecular flexibility index (Phi) is 4.62. The van der Waals surface area contributed by atoms with Crippen molar-refractivity contribution in [3.8, 4) is 0 Å². The van der Waals surface area contributed by atoms with Crippen molar-refractivity contribution in [3.63, 3.8) is 0 Å². The summed E-state index contributed by atoms with van der Waals surface area (Å²) < 4.78 is 38.4. The van der Waals surface area contributed by atoms with Gasteiger partial charge in [0.05, 0.1) is 16.3 Å². The van der Waals surface area contributed by atoms with Gasteiger partial charge in [0.25, 0.3) is 0 Å². The molecule has 0 atom stereocenters. The van der Waals surface area contributed by atoms with Gasteiger partial charge in [0.1, 0.15) is 4.88 Å². The first-order valence-electron chi connectivity index (χ1n) is 6.09. The lowest BCUT2D eigenvalue weighted by Crippen LogP contribution is -2.06. The molecule has 1 aromatic heterocycles. The van der Waals surface area contributed by atoms with Crippen molar-refractivity contribution < 1.29 is 23.1 Å². The van der Waals surface area contributed by atoms with Gasteiger partial charge in [-0.05, 0) is 24.6 Å². The SMILES string of the molecule is CCc1nc(Nc2ccc(Cl)c(C(F)(F)F)c2)sc1C(=O)O. The number of aromatic carboxylic acids is 1. The Morgan fingerprint density at radius 1 is 1.45 bits per heavy atom. The van der Waals surface area contributed by atoms with Gasteiger partial charge in [-0.15, -0.1) is 0 Å². The van der Waals surface area contributed by atoms with Crippen molar-refractivity contribution in [2.24, 2.45) is 0 Å². The van der Waals surface area contributed by atoms with Gasteiger partial charge < -0.3 is 10.4 Å². The van der Waals surface area contributed by atoms with E-state index in [9.17, 15) is 18.0 Å². The molecule has 4 nitrogen and oxygen atoms in total. The topological polar surface area (TPSA) is 62.2 Å². The summed E-state index contributed by atoms with van der Waals surface area (Å²) >= 11 is 6.41. The Bertz CT molecular complexity index is 716. The third kappa shape index (κ3) is 3.50. The summed E-state index contributed by atoms with van der Waals surface area (Å²) in [5, 5.41) is 11.5. The van der Waals surface area contributed by atoms with Gasteiger partial charge >= 0.3 is 12.1 Å². The first-order valence-corrected chi connectivity index (χ1v) is 7.28. The molecule has 0 unspecified atom stereocenters. The number of nitrogens with zero attached hydrogens (tertiary/aromatic N) is 1. The molecule has 0 saturated heterocycles. The van der Waals surface area contributed by atoms with Gasteiger partial charge in [-0.25, -0.2) is 9.78 Å². The number of alkyl halides is 3. The van der Waals surface area contributed by atoms with Crippen LogP contribution in [0.25, 0.3) is 0 Å². The van der Waals surface area contributed by atoms with Crippen molar-refractivity contribution in [2.45, 2.75) is 19.5 Å². The molecule has 0 fully saturated rings. The predicted molar refractivity (Wildman–Crippen MR) is 78.2 cm³/mol. The highest BCUT2D eigenvalue weighted by Gasteiger charge is 2.33. The molecule has 2 rings (SSSR count). The lowest BCUT2D eigenvalue weighted by Gasteiger charge is -2.11. The van der Waals surface area contributed by atoms with Crippen LogP contribution in [0.5, 0.6) is 0 Å². The molecule has 0 aliphatic heterocycles. The summed E-state index contributed by atoms with van der Waals surface area (Å²) in [5.41, 5.74) is -0.458. The highest BCUT2D eigenvalue weighted by molar-refractivity contribution is 7.17. The summed E-state index contributed by atoms with van der Waals surface area (Å²) in [5.74, 6) is -1.12. The molecule has 0 aliphatic rings. The largest absolute Gasteiger partial charge is 0.477 e. The van der Waals surface area contributed by atoms with Crippen LogP contribution in [0, 0.1) is 0 Å². The van der Waals surface area contributed by atoms with Crippen molar-refractivity contribution in [2.75, 3.05) is 5.32 Å². The zero-order valence-corrected chi connectivity index (χ0v) is 12.7. The summed E-state index contributed by atoms with van der Waals surface area (Å²) in [6.45, 7) is 1.75. The highest BCUT2D eigenvalue weighted by atomic mass is 35.5. The number of aryl methyl sites for hydroxylation is 1. The van der Waals surface area contributed by atoms with E-state index in [1.54, 1.807) is 6.92 Å². The number of benzene rings is 1. The maximum Gasteiger partial charge on any atom is 0.417 e. The summed E-state index contributed by atoms with van der Waals surface area (Å²) in [6.07, 6.45) is -4.16. The number of carboxylic acids is 1. The summed E-state index contributed by atoms with van der Waals surface area (Å²) in [4.78, 5) is 15.2. The van der Waals surface area contributed by atoms with Crippen molar-refractivity contribution >= 4 is 39.7 Å². The minimum atomic E-state index is -4.57. The quantitative estimate of drug-likeness (QED) is 0.829. The number of hydrogen-bond donors (Lipinski definition) is 2. The molecule has 2 N–H and O–H groups in total. The van der Waals surface area contributed by atoms with Crippen LogP contribution in [0.4, 0.5) is 24.0 Å². The molecule has 1 aromatic carbocycles. The van der Waals surface area contributed by atoms with Gasteiger partial charge in [0, 0.05) is 5.69 Å². The standard InChI is InChI=1S/C13H10ClF3N2O2S/c1-2-9-10(11(20)21)22-12(19-9)18-6-3-4-8(14)7(5-6)13(15,16)17/h3-5H,2H2,1H3,(H,18,19)(H,20,21). The second-order valence-electron chi connectivity index (χ2n) is 4.27. The van der Waals surface area contributed by atoms with Crippen molar-refractivity contribution in [1.82, 2.24) is 4.98 Å². The van der Waals surface area contributed by atoms with Gasteiger partial charge in [0.15, 0.2) is 5.13 Å². The van der Waals surface area contributed by atoms with E-state index in [0.717, 1.165) is 23.5 Å². The van der Waals surface area contributed by atoms with Gasteiger partial charge in [-0.3, -0.25) is 0 Å². The first kappa shape index (κ1) is 16.6. The summed E-state index contributed by atoms with van der Waals surface area (Å²) in [6, 6.07) is 3.35. The number of rotatable bonds is 4. The smallest absolute Gasteiger partial charge is 0.417 e. The molecule has 0 spiro atoms. The van der Waals surface area contributed by atoms with E-state index in [4.69, 9.17) is 16.7 Å². The van der Waals surface area contributed by atoms with E-state index in [1.165, 1.54) is 6.07 Å². The van der Waals surface area contributed by atoms with Gasteiger partial charge in [-0.2, -0.15) is 13.2 Å². The average Bonchev–Trinajstić information content (AvgIpc) is 2.83. The molecule has 0 aliphatic carbocycles. The molecule has 22 heavy (non-hydrogen) atoms. The molecule has 9 heteroatoms. The van der Waals surface area contributed by atoms with Crippen molar-refractivity contribution in [3.05, 3.63) is 39.4 Å². The second kappa shape index (κ2) is 6.13. The minimum Gasteiger partial charge on any atom is -0.477 e. The predicted octanol–water partition coefficient (Wildman–Crippen LogP) is 4.82. The Labute approximate surface area is 132 Å². The number of halogens is 4. The molecule has 1 heterocycles. The zero-order chi connectivity index (χ0) is 16.5. The van der Waals surface area contributed by atoms with E-state index in [1.807, 2.05) is 0 Å². The lowest BCUT2D eigenvalue weighted by molar-refractivity contribution is -0.137. The molecular formula is C13H10ClF3N2O2S. The third-order valence-electron chi connectivity index (χ3n) is 2.75. The first-order chi connectivity index (χ1) is 10.2. The van der Waals surface area contributed by atoms with Gasteiger partial charge in [-0.1, -0.05) is 29.9 Å². The molecule has 0 bridgehead atoms. The second-order valence-corrected chi connectivity index (χ2v) is 5.68. The number of carbonyl (C=O) groups is 1. The van der Waals surface area contributed by atoms with E-state index in [2.05, 4.69) is 10.3 Å². The monoisotopic (exact) mass is 350 g/mol. The zero-order valence-electron chi connectivity index (χ0n) is 11.2. The number of aromatic nitrogens is 1. The van der Waals surface area contributed by atoms with Crippen LogP contribution in [-0.2, 0) is 12.6 Å². The van der Waals surface area contributed by atoms with Crippen LogP contribution in [0.2, 0.25) is 5.02 Å². The third-order valence-corrected chi connectivity index (χ3v) is 4.08.